The van der Waals surface area contributed by atoms with Crippen LogP contribution in [0.4, 0.5) is 0 Å². The number of imidazole rings is 1. The van der Waals surface area contributed by atoms with E-state index in [4.69, 9.17) is 21.7 Å². The number of halogens is 1. The molecular formula is C14H17ClN4OS. The van der Waals surface area contributed by atoms with Crippen LogP contribution in [0.15, 0.2) is 24.4 Å². The summed E-state index contributed by atoms with van der Waals surface area (Å²) in [6.45, 7) is 1.55. The highest BCUT2D eigenvalue weighted by atomic mass is 35.5. The maximum Gasteiger partial charge on any atom is 0.174 e. The van der Waals surface area contributed by atoms with E-state index < -0.39 is 0 Å². The van der Waals surface area contributed by atoms with Crippen LogP contribution < -0.4 is 4.74 Å². The molecule has 0 atom stereocenters. The lowest BCUT2D eigenvalue weighted by Crippen LogP contribution is -2.19. The minimum atomic E-state index is -0.0272. The predicted molar refractivity (Wildman–Crippen MR) is 88.6 cm³/mol. The van der Waals surface area contributed by atoms with E-state index in [1.54, 1.807) is 23.6 Å². The maximum atomic E-state index is 7.13. The van der Waals surface area contributed by atoms with E-state index >= 15 is 0 Å². The van der Waals surface area contributed by atoms with E-state index in [9.17, 15) is 0 Å². The number of likely N-dealkylation sites (N-methyl/N-ethyl adjacent to an activating group) is 1. The maximum absolute atomic E-state index is 7.13. The topological polar surface area (TPSA) is 65.0 Å². The smallest absolute Gasteiger partial charge is 0.174 e. The van der Waals surface area contributed by atoms with Crippen molar-refractivity contribution in [2.75, 3.05) is 27.2 Å². The highest BCUT2D eigenvalue weighted by Crippen LogP contribution is 2.32. The van der Waals surface area contributed by atoms with E-state index in [0.717, 1.165) is 22.2 Å². The van der Waals surface area contributed by atoms with Crippen molar-refractivity contribution in [1.29, 1.82) is 5.41 Å². The van der Waals surface area contributed by atoms with Gasteiger partial charge in [0.1, 0.15) is 17.6 Å². The second kappa shape index (κ2) is 7.40. The van der Waals surface area contributed by atoms with Gasteiger partial charge < -0.3 is 14.6 Å². The van der Waals surface area contributed by atoms with Gasteiger partial charge in [-0.1, -0.05) is 22.9 Å². The minimum absolute atomic E-state index is 0.0272. The third kappa shape index (κ3) is 5.00. The molecule has 0 spiro atoms. The molecule has 0 aliphatic rings. The molecule has 0 radical (unpaired) electrons. The molecular weight excluding hydrogens is 308 g/mol. The van der Waals surface area contributed by atoms with Crippen LogP contribution in [0.2, 0.25) is 0 Å². The molecule has 0 aliphatic heterocycles. The molecule has 2 N–H and O–H groups in total. The fourth-order valence-corrected chi connectivity index (χ4v) is 2.48. The van der Waals surface area contributed by atoms with E-state index in [-0.39, 0.29) is 5.17 Å². The fourth-order valence-electron chi connectivity index (χ4n) is 1.57. The summed E-state index contributed by atoms with van der Waals surface area (Å²) < 4.78 is 5.69. The zero-order valence-electron chi connectivity index (χ0n) is 11.9. The van der Waals surface area contributed by atoms with Gasteiger partial charge in [-0.25, -0.2) is 4.98 Å². The summed E-state index contributed by atoms with van der Waals surface area (Å²) in [4.78, 5) is 10.5. The Labute approximate surface area is 132 Å². The standard InChI is InChI=1S/C14H17ClN4OS/c1-19(2)7-8-20-14-6-3-11(21-14)10-9-17-13(18-10)5-4-12(15)16/h3-6,9,16H,7-8H2,1-2H3,(H,17,18)/b5-4-,16-12?. The van der Waals surface area contributed by atoms with Crippen molar-refractivity contribution >= 4 is 34.2 Å². The first-order valence-corrected chi connectivity index (χ1v) is 7.59. The number of hydrogen-bond donors (Lipinski definition) is 2. The van der Waals surface area contributed by atoms with Crippen LogP contribution in [0, 0.1) is 5.41 Å². The molecule has 0 aromatic carbocycles. The normalized spacial score (nSPS) is 11.4. The highest BCUT2D eigenvalue weighted by molar-refractivity contribution is 7.17. The first kappa shape index (κ1) is 15.8. The molecule has 2 rings (SSSR count). The number of hydrogen-bond acceptors (Lipinski definition) is 5. The molecule has 21 heavy (non-hydrogen) atoms. The lowest BCUT2D eigenvalue weighted by atomic mass is 10.4. The molecule has 0 aliphatic carbocycles. The van der Waals surface area contributed by atoms with E-state index in [2.05, 4.69) is 14.9 Å². The summed E-state index contributed by atoms with van der Waals surface area (Å²) in [5, 5.41) is 7.99. The Balaban J connectivity index is 1.99. The number of allylic oxidation sites excluding steroid dienone is 1. The number of H-pyrrole nitrogens is 1. The Bertz CT molecular complexity index is 632. The van der Waals surface area contributed by atoms with Crippen LogP contribution in [0.3, 0.4) is 0 Å². The number of ether oxygens (including phenoxy) is 1. The zero-order chi connectivity index (χ0) is 15.2. The third-order valence-corrected chi connectivity index (χ3v) is 3.77. The van der Waals surface area contributed by atoms with Crippen molar-refractivity contribution in [2.45, 2.75) is 0 Å². The predicted octanol–water partition coefficient (Wildman–Crippen LogP) is 3.31. The molecule has 5 nitrogen and oxygen atoms in total. The van der Waals surface area contributed by atoms with Crippen molar-refractivity contribution in [1.82, 2.24) is 14.9 Å². The first-order chi connectivity index (χ1) is 10.0. The number of nitrogens with zero attached hydrogens (tertiary/aromatic N) is 2. The molecule has 112 valence electrons. The van der Waals surface area contributed by atoms with E-state index in [1.807, 2.05) is 26.2 Å². The van der Waals surface area contributed by atoms with Gasteiger partial charge in [-0.3, -0.25) is 5.41 Å². The van der Waals surface area contributed by atoms with Crippen LogP contribution in [-0.4, -0.2) is 47.3 Å². The monoisotopic (exact) mass is 324 g/mol. The molecule has 2 aromatic rings. The van der Waals surface area contributed by atoms with Crippen molar-refractivity contribution < 1.29 is 4.74 Å². The summed E-state index contributed by atoms with van der Waals surface area (Å²) in [6, 6.07) is 3.96. The Hall–Kier alpha value is -1.63. The van der Waals surface area contributed by atoms with Gasteiger partial charge in [-0.2, -0.15) is 0 Å². The van der Waals surface area contributed by atoms with Gasteiger partial charge in [0.15, 0.2) is 5.06 Å². The summed E-state index contributed by atoms with van der Waals surface area (Å²) >= 11 is 7.03. The van der Waals surface area contributed by atoms with Crippen molar-refractivity contribution in [3.05, 3.63) is 30.2 Å². The molecule has 0 saturated carbocycles. The van der Waals surface area contributed by atoms with Gasteiger partial charge in [0.25, 0.3) is 0 Å². The van der Waals surface area contributed by atoms with Crippen LogP contribution in [0.1, 0.15) is 5.82 Å². The molecule has 0 bridgehead atoms. The number of aromatic nitrogens is 2. The summed E-state index contributed by atoms with van der Waals surface area (Å²) in [7, 11) is 4.03. The Morgan fingerprint density at radius 3 is 3.05 bits per heavy atom. The Morgan fingerprint density at radius 1 is 1.52 bits per heavy atom. The van der Waals surface area contributed by atoms with Crippen LogP contribution in [0.25, 0.3) is 16.6 Å². The molecule has 2 heterocycles. The molecule has 0 saturated heterocycles. The lowest BCUT2D eigenvalue weighted by molar-refractivity contribution is 0.267. The zero-order valence-corrected chi connectivity index (χ0v) is 13.5. The molecule has 0 unspecified atom stereocenters. The second-order valence-corrected chi connectivity index (χ2v) is 6.09. The van der Waals surface area contributed by atoms with Gasteiger partial charge in [0, 0.05) is 6.54 Å². The second-order valence-electron chi connectivity index (χ2n) is 4.63. The van der Waals surface area contributed by atoms with Crippen molar-refractivity contribution in [3.63, 3.8) is 0 Å². The number of nitrogens with one attached hydrogen (secondary N) is 2. The van der Waals surface area contributed by atoms with Gasteiger partial charge in [-0.05, 0) is 38.4 Å². The highest BCUT2D eigenvalue weighted by Gasteiger charge is 2.06. The third-order valence-electron chi connectivity index (χ3n) is 2.61. The quantitative estimate of drug-likeness (QED) is 0.768. The van der Waals surface area contributed by atoms with Crippen molar-refractivity contribution in [3.8, 4) is 15.6 Å². The van der Waals surface area contributed by atoms with Gasteiger partial charge in [-0.15, -0.1) is 0 Å². The average Bonchev–Trinajstić information content (AvgIpc) is 3.04. The molecule has 0 fully saturated rings. The molecule has 7 heteroatoms. The minimum Gasteiger partial charge on any atom is -0.483 e. The van der Waals surface area contributed by atoms with Crippen LogP contribution >= 0.6 is 22.9 Å². The van der Waals surface area contributed by atoms with Crippen molar-refractivity contribution in [2.24, 2.45) is 0 Å². The lowest BCUT2D eigenvalue weighted by Gasteiger charge is -2.09. The fraction of sp³-hybridized carbons (Fsp3) is 0.286. The van der Waals surface area contributed by atoms with Crippen LogP contribution in [0.5, 0.6) is 5.06 Å². The number of thiophene rings is 1. The van der Waals surface area contributed by atoms with Gasteiger partial charge in [0.2, 0.25) is 0 Å². The largest absolute Gasteiger partial charge is 0.483 e. The Kier molecular flexibility index (Phi) is 5.55. The summed E-state index contributed by atoms with van der Waals surface area (Å²) in [6.07, 6.45) is 4.91. The van der Waals surface area contributed by atoms with Gasteiger partial charge in [0.05, 0.1) is 16.8 Å². The number of aromatic amines is 1. The average molecular weight is 325 g/mol. The SMILES string of the molecule is CN(C)CCOc1ccc(-c2cnc(/C=C\C(=N)Cl)[nH]2)s1. The summed E-state index contributed by atoms with van der Waals surface area (Å²) in [5.74, 6) is 0.666. The van der Waals surface area contributed by atoms with E-state index in [1.165, 1.54) is 6.08 Å². The first-order valence-electron chi connectivity index (χ1n) is 6.39. The Morgan fingerprint density at radius 2 is 2.33 bits per heavy atom. The van der Waals surface area contributed by atoms with Crippen LogP contribution in [-0.2, 0) is 0 Å². The van der Waals surface area contributed by atoms with Gasteiger partial charge >= 0.3 is 0 Å². The van der Waals surface area contributed by atoms with E-state index in [0.29, 0.717) is 12.4 Å². The number of rotatable bonds is 7. The molecule has 2 aromatic heterocycles. The summed E-state index contributed by atoms with van der Waals surface area (Å²) in [5.41, 5.74) is 0.920. The molecule has 0 amide bonds.